The molecule has 2 heterocycles. The zero-order chi connectivity index (χ0) is 22.5. The van der Waals surface area contributed by atoms with E-state index in [4.69, 9.17) is 5.73 Å². The van der Waals surface area contributed by atoms with Gasteiger partial charge in [0.15, 0.2) is 0 Å². The number of aromatic nitrogens is 2. The molecule has 0 radical (unpaired) electrons. The molecule has 1 atom stereocenters. The van der Waals surface area contributed by atoms with Gasteiger partial charge in [0.25, 0.3) is 0 Å². The summed E-state index contributed by atoms with van der Waals surface area (Å²) < 4.78 is 2.58. The van der Waals surface area contributed by atoms with E-state index in [0.29, 0.717) is 12.0 Å². The molecule has 5 rings (SSSR count). The summed E-state index contributed by atoms with van der Waals surface area (Å²) in [5, 5.41) is 1.44. The van der Waals surface area contributed by atoms with Crippen LogP contribution in [0.3, 0.4) is 0 Å². The molecule has 0 amide bonds. The Morgan fingerprint density at radius 1 is 0.909 bits per heavy atom. The van der Waals surface area contributed by atoms with E-state index in [2.05, 4.69) is 58.3 Å². The molecular weight excluding hydrogens is 402 g/mol. The third-order valence-corrected chi connectivity index (χ3v) is 8.46. The maximum absolute atomic E-state index is 6.14. The van der Waals surface area contributed by atoms with Crippen molar-refractivity contribution in [2.24, 2.45) is 17.6 Å². The van der Waals surface area contributed by atoms with Crippen LogP contribution in [0.4, 0.5) is 0 Å². The summed E-state index contributed by atoms with van der Waals surface area (Å²) in [5.41, 5.74) is 10.4. The molecule has 2 saturated carbocycles. The Balaban J connectivity index is 1.39. The van der Waals surface area contributed by atoms with Gasteiger partial charge in [-0.3, -0.25) is 4.98 Å². The minimum atomic E-state index is 0.419. The first-order valence-electron chi connectivity index (χ1n) is 13.5. The molecule has 0 bridgehead atoms. The first-order chi connectivity index (χ1) is 16.3. The first kappa shape index (κ1) is 22.7. The van der Waals surface area contributed by atoms with Gasteiger partial charge < -0.3 is 10.3 Å². The van der Waals surface area contributed by atoms with Gasteiger partial charge in [-0.1, -0.05) is 56.4 Å². The Kier molecular flexibility index (Phi) is 7.46. The summed E-state index contributed by atoms with van der Waals surface area (Å²) in [7, 11) is 0. The van der Waals surface area contributed by atoms with Crippen LogP contribution in [-0.4, -0.2) is 15.6 Å². The lowest BCUT2D eigenvalue weighted by Gasteiger charge is -2.26. The van der Waals surface area contributed by atoms with Crippen molar-refractivity contribution in [3.8, 4) is 0 Å². The van der Waals surface area contributed by atoms with Crippen LogP contribution in [-0.2, 0) is 6.54 Å². The van der Waals surface area contributed by atoms with Crippen molar-refractivity contribution in [3.63, 3.8) is 0 Å². The van der Waals surface area contributed by atoms with E-state index >= 15 is 0 Å². The number of hydrogen-bond acceptors (Lipinski definition) is 2. The Morgan fingerprint density at radius 3 is 2.52 bits per heavy atom. The molecule has 3 heteroatoms. The normalized spacial score (nSPS) is 23.1. The summed E-state index contributed by atoms with van der Waals surface area (Å²) in [6, 6.07) is 13.9. The molecule has 0 spiro atoms. The van der Waals surface area contributed by atoms with E-state index in [-0.39, 0.29) is 0 Å². The van der Waals surface area contributed by atoms with Crippen molar-refractivity contribution < 1.29 is 0 Å². The molecule has 2 N–H and O–H groups in total. The molecule has 3 aromatic rings. The fourth-order valence-corrected chi connectivity index (χ4v) is 6.52. The number of nitrogens with two attached hydrogens (primary N) is 1. The first-order valence-corrected chi connectivity index (χ1v) is 13.5. The Labute approximate surface area is 199 Å². The van der Waals surface area contributed by atoms with Gasteiger partial charge in [-0.05, 0) is 80.0 Å². The van der Waals surface area contributed by atoms with Crippen LogP contribution in [0.2, 0.25) is 0 Å². The van der Waals surface area contributed by atoms with Crippen LogP contribution in [0.5, 0.6) is 0 Å². The third-order valence-electron chi connectivity index (χ3n) is 8.46. The molecule has 2 aromatic heterocycles. The maximum atomic E-state index is 6.14. The molecule has 2 fully saturated rings. The van der Waals surface area contributed by atoms with Crippen molar-refractivity contribution in [1.82, 2.24) is 9.55 Å². The van der Waals surface area contributed by atoms with Gasteiger partial charge in [-0.2, -0.15) is 0 Å². The molecular formula is C30H41N3. The minimum absolute atomic E-state index is 0.419. The molecule has 33 heavy (non-hydrogen) atoms. The van der Waals surface area contributed by atoms with E-state index in [1.165, 1.54) is 106 Å². The third kappa shape index (κ3) is 5.51. The zero-order valence-corrected chi connectivity index (χ0v) is 20.2. The largest absolute Gasteiger partial charge is 0.347 e. The van der Waals surface area contributed by atoms with Gasteiger partial charge in [0, 0.05) is 48.0 Å². The second-order valence-corrected chi connectivity index (χ2v) is 10.8. The fraction of sp³-hybridized carbons (Fsp3) is 0.567. The summed E-state index contributed by atoms with van der Waals surface area (Å²) in [6.07, 6.45) is 22.4. The van der Waals surface area contributed by atoms with Gasteiger partial charge in [-0.25, -0.2) is 0 Å². The van der Waals surface area contributed by atoms with Crippen molar-refractivity contribution in [3.05, 3.63) is 66.1 Å². The average Bonchev–Trinajstić information content (AvgIpc) is 3.22. The van der Waals surface area contributed by atoms with Crippen molar-refractivity contribution >= 4 is 10.9 Å². The van der Waals surface area contributed by atoms with E-state index in [0.717, 1.165) is 11.8 Å². The lowest BCUT2D eigenvalue weighted by molar-refractivity contribution is 0.302. The zero-order valence-electron chi connectivity index (χ0n) is 20.2. The molecule has 1 unspecified atom stereocenters. The summed E-state index contributed by atoms with van der Waals surface area (Å²) in [4.78, 5) is 4.50. The quantitative estimate of drug-likeness (QED) is 0.393. The Morgan fingerprint density at radius 2 is 1.73 bits per heavy atom. The summed E-state index contributed by atoms with van der Waals surface area (Å²) >= 11 is 0. The van der Waals surface area contributed by atoms with Crippen LogP contribution < -0.4 is 5.73 Å². The number of fused-ring (bicyclic) bond motifs is 1. The average molecular weight is 444 g/mol. The number of nitrogens with zero attached hydrogens (tertiary/aromatic N) is 2. The number of hydrogen-bond donors (Lipinski definition) is 1. The van der Waals surface area contributed by atoms with Crippen LogP contribution in [0.1, 0.15) is 94.1 Å². The standard InChI is InChI=1S/C30H41N3/c31-26-17-15-23(16-18-26)10-6-13-27(25-11-7-19-32-20-25)29-22-33(21-24-8-2-1-3-9-24)30-14-5-4-12-28(29)30/h4-5,7,11-12,14,19-20,22-24,26-27H,1-3,6,8-10,13,15-18,21,31H2. The smallest absolute Gasteiger partial charge is 0.0483 e. The van der Waals surface area contributed by atoms with Gasteiger partial charge in [-0.15, -0.1) is 0 Å². The number of para-hydroxylation sites is 1. The lowest BCUT2D eigenvalue weighted by Crippen LogP contribution is -2.26. The molecule has 3 nitrogen and oxygen atoms in total. The molecule has 0 aliphatic heterocycles. The van der Waals surface area contributed by atoms with Crippen molar-refractivity contribution in [2.45, 2.75) is 95.6 Å². The predicted octanol–water partition coefficient (Wildman–Crippen LogP) is 7.44. The minimum Gasteiger partial charge on any atom is -0.347 e. The highest BCUT2D eigenvalue weighted by molar-refractivity contribution is 5.85. The Hall–Kier alpha value is -2.13. The topological polar surface area (TPSA) is 43.8 Å². The van der Waals surface area contributed by atoms with Gasteiger partial charge >= 0.3 is 0 Å². The van der Waals surface area contributed by atoms with Gasteiger partial charge in [0.1, 0.15) is 0 Å². The second-order valence-electron chi connectivity index (χ2n) is 10.8. The summed E-state index contributed by atoms with van der Waals surface area (Å²) in [6.45, 7) is 1.17. The SMILES string of the molecule is NC1CCC(CCCC(c2cccnc2)c2cn(CC3CCCCC3)c3ccccc23)CC1. The second kappa shape index (κ2) is 10.9. The van der Waals surface area contributed by atoms with Gasteiger partial charge in [0.2, 0.25) is 0 Å². The monoisotopic (exact) mass is 443 g/mol. The Bertz CT molecular complexity index is 994. The molecule has 176 valence electrons. The van der Waals surface area contributed by atoms with Gasteiger partial charge in [0.05, 0.1) is 0 Å². The molecule has 0 saturated heterocycles. The van der Waals surface area contributed by atoms with E-state index < -0.39 is 0 Å². The highest BCUT2D eigenvalue weighted by Gasteiger charge is 2.23. The number of benzene rings is 1. The van der Waals surface area contributed by atoms with Crippen molar-refractivity contribution in [2.75, 3.05) is 0 Å². The van der Waals surface area contributed by atoms with Crippen LogP contribution >= 0.6 is 0 Å². The maximum Gasteiger partial charge on any atom is 0.0483 e. The molecule has 2 aliphatic rings. The lowest BCUT2D eigenvalue weighted by atomic mass is 9.81. The fourth-order valence-electron chi connectivity index (χ4n) is 6.52. The predicted molar refractivity (Wildman–Crippen MR) is 138 cm³/mol. The van der Waals surface area contributed by atoms with E-state index in [1.54, 1.807) is 0 Å². The van der Waals surface area contributed by atoms with Crippen LogP contribution in [0.25, 0.3) is 10.9 Å². The highest BCUT2D eigenvalue weighted by Crippen LogP contribution is 2.38. The van der Waals surface area contributed by atoms with Crippen LogP contribution in [0.15, 0.2) is 55.0 Å². The summed E-state index contributed by atoms with van der Waals surface area (Å²) in [5.74, 6) is 2.12. The molecule has 2 aliphatic carbocycles. The highest BCUT2D eigenvalue weighted by atomic mass is 15.0. The van der Waals surface area contributed by atoms with E-state index in [1.807, 2.05) is 6.20 Å². The van der Waals surface area contributed by atoms with E-state index in [9.17, 15) is 0 Å². The number of rotatable bonds is 8. The van der Waals surface area contributed by atoms with Crippen LogP contribution in [0, 0.1) is 11.8 Å². The molecule has 1 aromatic carbocycles. The number of pyridine rings is 1. The van der Waals surface area contributed by atoms with Crippen molar-refractivity contribution in [1.29, 1.82) is 0 Å².